The van der Waals surface area contributed by atoms with Gasteiger partial charge in [-0.15, -0.1) is 0 Å². The van der Waals surface area contributed by atoms with Crippen molar-refractivity contribution in [1.82, 2.24) is 21.3 Å². The summed E-state index contributed by atoms with van der Waals surface area (Å²) in [6.45, 7) is 3.06. The molecule has 0 spiro atoms. The molecule has 1 rings (SSSR count). The lowest BCUT2D eigenvalue weighted by Crippen LogP contribution is -2.30. The van der Waals surface area contributed by atoms with E-state index < -0.39 is 0 Å². The molecule has 0 aliphatic rings. The highest BCUT2D eigenvalue weighted by Crippen LogP contribution is 2.05. The summed E-state index contributed by atoms with van der Waals surface area (Å²) in [5.74, 6) is -0.377. The van der Waals surface area contributed by atoms with Gasteiger partial charge in [-0.1, -0.05) is 30.7 Å². The number of Topliss-reactive ketones (excluding diaryl/α,β-unsaturated/α-hetero) is 1. The Kier molecular flexibility index (Phi) is 16.2. The number of carbonyl (C=O) groups is 5. The van der Waals surface area contributed by atoms with E-state index in [4.69, 9.17) is 4.74 Å². The summed E-state index contributed by atoms with van der Waals surface area (Å²) in [6.07, 6.45) is 4.55. The first-order valence-electron chi connectivity index (χ1n) is 12.5. The van der Waals surface area contributed by atoms with Gasteiger partial charge in [0.15, 0.2) is 0 Å². The van der Waals surface area contributed by atoms with Gasteiger partial charge in [-0.25, -0.2) is 0 Å². The number of ether oxygens (including phenoxy) is 1. The van der Waals surface area contributed by atoms with Crippen LogP contribution in [-0.4, -0.2) is 62.8 Å². The Morgan fingerprint density at radius 2 is 1.39 bits per heavy atom. The third-order valence-electron chi connectivity index (χ3n) is 5.28. The molecule has 10 heteroatoms. The molecule has 0 bridgehead atoms. The van der Waals surface area contributed by atoms with Crippen molar-refractivity contribution in [2.75, 3.05) is 33.4 Å². The maximum atomic E-state index is 11.9. The number of benzene rings is 1. The first-order chi connectivity index (χ1) is 17.3. The van der Waals surface area contributed by atoms with Crippen molar-refractivity contribution in [3.8, 4) is 0 Å². The van der Waals surface area contributed by atoms with Gasteiger partial charge in [0.1, 0.15) is 12.4 Å². The summed E-state index contributed by atoms with van der Waals surface area (Å²) in [5.41, 5.74) is 1.73. The molecule has 1 aromatic carbocycles. The number of ketones is 1. The van der Waals surface area contributed by atoms with Crippen LogP contribution in [0.2, 0.25) is 0 Å². The molecule has 0 aliphatic heterocycles. The lowest BCUT2D eigenvalue weighted by molar-refractivity contribution is -0.126. The van der Waals surface area contributed by atoms with Crippen LogP contribution in [0.3, 0.4) is 0 Å². The molecular formula is C26H40N4O6. The van der Waals surface area contributed by atoms with E-state index in [0.717, 1.165) is 30.4 Å². The van der Waals surface area contributed by atoms with Crippen LogP contribution >= 0.6 is 0 Å². The molecule has 0 radical (unpaired) electrons. The molecular weight excluding hydrogens is 464 g/mol. The van der Waals surface area contributed by atoms with Crippen LogP contribution in [-0.2, 0) is 41.7 Å². The van der Waals surface area contributed by atoms with E-state index in [0.29, 0.717) is 45.5 Å². The van der Waals surface area contributed by atoms with Crippen molar-refractivity contribution < 1.29 is 28.7 Å². The molecule has 0 saturated carbocycles. The average Bonchev–Trinajstić information content (AvgIpc) is 2.85. The molecule has 0 heterocycles. The van der Waals surface area contributed by atoms with Crippen LogP contribution in [0.1, 0.15) is 63.0 Å². The van der Waals surface area contributed by atoms with Crippen LogP contribution in [0.4, 0.5) is 0 Å². The highest BCUT2D eigenvalue weighted by molar-refractivity contribution is 5.80. The molecule has 0 atom stereocenters. The van der Waals surface area contributed by atoms with Gasteiger partial charge in [0.05, 0.1) is 6.42 Å². The summed E-state index contributed by atoms with van der Waals surface area (Å²) in [6, 6.07) is 7.34. The molecule has 4 amide bonds. The summed E-state index contributed by atoms with van der Waals surface area (Å²) in [4.78, 5) is 57.7. The topological polar surface area (TPSA) is 143 Å². The van der Waals surface area contributed by atoms with Gasteiger partial charge in [0.25, 0.3) is 0 Å². The summed E-state index contributed by atoms with van der Waals surface area (Å²) in [7, 11) is 1.55. The van der Waals surface area contributed by atoms with Crippen molar-refractivity contribution in [2.24, 2.45) is 0 Å². The minimum Gasteiger partial charge on any atom is -0.372 e. The Bertz CT molecular complexity index is 841. The summed E-state index contributed by atoms with van der Waals surface area (Å²) in [5, 5.41) is 10.8. The third-order valence-corrected chi connectivity index (χ3v) is 5.28. The fourth-order valence-corrected chi connectivity index (χ4v) is 3.21. The molecule has 1 aromatic rings. The van der Waals surface area contributed by atoms with E-state index in [2.05, 4.69) is 21.3 Å². The Balaban J connectivity index is 2.08. The zero-order valence-electron chi connectivity index (χ0n) is 21.5. The van der Waals surface area contributed by atoms with E-state index in [9.17, 15) is 24.0 Å². The minimum absolute atomic E-state index is 0.0422. The number of unbranched alkanes of at least 4 members (excludes halogenated alkanes) is 2. The van der Waals surface area contributed by atoms with Gasteiger partial charge in [0.2, 0.25) is 23.6 Å². The van der Waals surface area contributed by atoms with Crippen LogP contribution in [0.25, 0.3) is 0 Å². The normalized spacial score (nSPS) is 10.4. The molecule has 4 N–H and O–H groups in total. The molecule has 0 saturated heterocycles. The van der Waals surface area contributed by atoms with Gasteiger partial charge < -0.3 is 30.8 Å². The quantitative estimate of drug-likeness (QED) is 0.208. The Hall–Kier alpha value is -3.27. The van der Waals surface area contributed by atoms with Gasteiger partial charge in [0, 0.05) is 52.6 Å². The standard InChI is InChI=1S/C26H40N4O6/c1-20(31)7-4-3-5-14-28-24(33)8-6-16-36-19-26(35)30-18-22-11-9-21(10-12-22)17-25(34)29-15-13-23(32)27-2/h9-12H,3-8,13-19H2,1-2H3,(H,27,32)(H,28,33)(H,29,34)(H,30,35). The maximum absolute atomic E-state index is 11.9. The molecule has 0 fully saturated rings. The minimum atomic E-state index is -0.246. The van der Waals surface area contributed by atoms with Crippen molar-refractivity contribution in [2.45, 2.75) is 64.8 Å². The zero-order chi connectivity index (χ0) is 26.6. The lowest BCUT2D eigenvalue weighted by Gasteiger charge is -2.08. The van der Waals surface area contributed by atoms with E-state index in [1.807, 2.05) is 24.3 Å². The first kappa shape index (κ1) is 30.8. The summed E-state index contributed by atoms with van der Waals surface area (Å²) < 4.78 is 5.34. The van der Waals surface area contributed by atoms with E-state index >= 15 is 0 Å². The van der Waals surface area contributed by atoms with Crippen LogP contribution in [0, 0.1) is 0 Å². The smallest absolute Gasteiger partial charge is 0.246 e. The summed E-state index contributed by atoms with van der Waals surface area (Å²) >= 11 is 0. The maximum Gasteiger partial charge on any atom is 0.246 e. The Labute approximate surface area is 213 Å². The number of amides is 4. The highest BCUT2D eigenvalue weighted by Gasteiger charge is 2.06. The van der Waals surface area contributed by atoms with Crippen LogP contribution in [0.15, 0.2) is 24.3 Å². The van der Waals surface area contributed by atoms with E-state index in [-0.39, 0.29) is 48.9 Å². The monoisotopic (exact) mass is 504 g/mol. The lowest BCUT2D eigenvalue weighted by atomic mass is 10.1. The molecule has 10 nitrogen and oxygen atoms in total. The van der Waals surface area contributed by atoms with E-state index in [1.165, 1.54) is 0 Å². The van der Waals surface area contributed by atoms with Crippen LogP contribution < -0.4 is 21.3 Å². The zero-order valence-corrected chi connectivity index (χ0v) is 21.5. The molecule has 200 valence electrons. The van der Waals surface area contributed by atoms with Crippen molar-refractivity contribution >= 4 is 29.4 Å². The van der Waals surface area contributed by atoms with Crippen LogP contribution in [0.5, 0.6) is 0 Å². The second-order valence-electron chi connectivity index (χ2n) is 8.56. The number of rotatable bonds is 19. The van der Waals surface area contributed by atoms with Gasteiger partial charge in [-0.3, -0.25) is 19.2 Å². The van der Waals surface area contributed by atoms with E-state index in [1.54, 1.807) is 14.0 Å². The fourth-order valence-electron chi connectivity index (χ4n) is 3.21. The molecule has 36 heavy (non-hydrogen) atoms. The second-order valence-corrected chi connectivity index (χ2v) is 8.56. The predicted octanol–water partition coefficient (Wildman–Crippen LogP) is 1.16. The second kappa shape index (κ2) is 19.0. The fraction of sp³-hybridized carbons (Fsp3) is 0.577. The number of nitrogens with one attached hydrogen (secondary N) is 4. The molecule has 0 unspecified atom stereocenters. The Morgan fingerprint density at radius 3 is 2.08 bits per heavy atom. The third kappa shape index (κ3) is 16.4. The SMILES string of the molecule is CNC(=O)CCNC(=O)Cc1ccc(CNC(=O)COCCCC(=O)NCCCCCC(C)=O)cc1. The number of hydrogen-bond donors (Lipinski definition) is 4. The average molecular weight is 505 g/mol. The van der Waals surface area contributed by atoms with Gasteiger partial charge >= 0.3 is 0 Å². The van der Waals surface area contributed by atoms with Gasteiger partial charge in [-0.05, 0) is 37.3 Å². The Morgan fingerprint density at radius 1 is 0.694 bits per heavy atom. The first-order valence-corrected chi connectivity index (χ1v) is 12.5. The highest BCUT2D eigenvalue weighted by atomic mass is 16.5. The van der Waals surface area contributed by atoms with Crippen molar-refractivity contribution in [1.29, 1.82) is 0 Å². The largest absolute Gasteiger partial charge is 0.372 e. The van der Waals surface area contributed by atoms with Crippen molar-refractivity contribution in [3.05, 3.63) is 35.4 Å². The predicted molar refractivity (Wildman–Crippen MR) is 136 cm³/mol. The molecule has 0 aromatic heterocycles. The number of hydrogen-bond acceptors (Lipinski definition) is 6. The van der Waals surface area contributed by atoms with Gasteiger partial charge in [-0.2, -0.15) is 0 Å². The molecule has 0 aliphatic carbocycles. The van der Waals surface area contributed by atoms with Crippen molar-refractivity contribution in [3.63, 3.8) is 0 Å². The number of carbonyl (C=O) groups excluding carboxylic acids is 5.